The molecule has 0 aromatic rings. The van der Waals surface area contributed by atoms with Gasteiger partial charge >= 0.3 is 0 Å². The average molecular weight is 288 g/mol. The molecular formula is C20H32O. The Balaban J connectivity index is 2.41. The first kappa shape index (κ1) is 16.5. The maximum absolute atomic E-state index is 10.8. The van der Waals surface area contributed by atoms with E-state index in [-0.39, 0.29) is 5.92 Å². The van der Waals surface area contributed by atoms with Crippen molar-refractivity contribution in [3.63, 3.8) is 0 Å². The zero-order valence-corrected chi connectivity index (χ0v) is 14.4. The Bertz CT molecular complexity index is 462. The second-order valence-corrected chi connectivity index (χ2v) is 7.66. The number of rotatable bonds is 1. The van der Waals surface area contributed by atoms with E-state index in [9.17, 15) is 5.11 Å². The van der Waals surface area contributed by atoms with E-state index in [1.165, 1.54) is 16.7 Å². The number of allylic oxidation sites excluding steroid dienone is 5. The van der Waals surface area contributed by atoms with E-state index in [4.69, 9.17) is 0 Å². The molecule has 2 aliphatic rings. The summed E-state index contributed by atoms with van der Waals surface area (Å²) in [6, 6.07) is 0. The molecular weight excluding hydrogens is 256 g/mol. The number of hydrogen-bond donors (Lipinski definition) is 1. The first-order chi connectivity index (χ1) is 9.81. The first-order valence-electron chi connectivity index (χ1n) is 8.56. The summed E-state index contributed by atoms with van der Waals surface area (Å²) >= 11 is 0. The zero-order valence-electron chi connectivity index (χ0n) is 14.4. The lowest BCUT2D eigenvalue weighted by atomic mass is 9.80. The molecule has 1 N–H and O–H groups in total. The third kappa shape index (κ3) is 3.88. The molecule has 0 spiro atoms. The molecule has 2 rings (SSSR count). The van der Waals surface area contributed by atoms with E-state index < -0.39 is 5.60 Å². The summed E-state index contributed by atoms with van der Waals surface area (Å²) in [7, 11) is 0. The standard InChI is InChI=1S/C20H32O/c1-14(2)17-10-9-15(3)7-6-8-16(4)18-11-12-20(5,21)19(18)13-17/h7-8,13-14,18-19,21H,6,9-12H2,1-5H3. The van der Waals surface area contributed by atoms with Crippen molar-refractivity contribution in [2.75, 3.05) is 0 Å². The van der Waals surface area contributed by atoms with Gasteiger partial charge in [-0.25, -0.2) is 0 Å². The van der Waals surface area contributed by atoms with E-state index in [0.29, 0.717) is 11.8 Å². The van der Waals surface area contributed by atoms with Crippen LogP contribution in [-0.2, 0) is 0 Å². The van der Waals surface area contributed by atoms with Gasteiger partial charge in [0.05, 0.1) is 5.60 Å². The quantitative estimate of drug-likeness (QED) is 0.638. The van der Waals surface area contributed by atoms with Gasteiger partial charge in [-0.3, -0.25) is 0 Å². The minimum absolute atomic E-state index is 0.282. The van der Waals surface area contributed by atoms with Crippen LogP contribution in [0, 0.1) is 17.8 Å². The lowest BCUT2D eigenvalue weighted by Crippen LogP contribution is -2.31. The SMILES string of the molecule is CC1=CCC=C(C)C2CCC(C)(O)C2C=C(C(C)C)CC1. The lowest BCUT2D eigenvalue weighted by Gasteiger charge is -2.29. The predicted octanol–water partition coefficient (Wildman–Crippen LogP) is 5.42. The second kappa shape index (κ2) is 6.52. The molecule has 0 radical (unpaired) electrons. The summed E-state index contributed by atoms with van der Waals surface area (Å²) in [5.74, 6) is 1.37. The van der Waals surface area contributed by atoms with Crippen molar-refractivity contribution in [2.45, 2.75) is 72.3 Å². The fourth-order valence-corrected chi connectivity index (χ4v) is 3.87. The van der Waals surface area contributed by atoms with Gasteiger partial charge in [-0.05, 0) is 64.7 Å². The van der Waals surface area contributed by atoms with Gasteiger partial charge in [-0.15, -0.1) is 0 Å². The van der Waals surface area contributed by atoms with Crippen molar-refractivity contribution >= 4 is 0 Å². The molecule has 3 atom stereocenters. The van der Waals surface area contributed by atoms with E-state index in [2.05, 4.69) is 45.9 Å². The van der Waals surface area contributed by atoms with Gasteiger partial charge in [-0.2, -0.15) is 0 Å². The van der Waals surface area contributed by atoms with Crippen LogP contribution in [0.3, 0.4) is 0 Å². The van der Waals surface area contributed by atoms with Gasteiger partial charge in [0.2, 0.25) is 0 Å². The number of fused-ring (bicyclic) bond motifs is 1. The molecule has 0 amide bonds. The smallest absolute Gasteiger partial charge is 0.0688 e. The lowest BCUT2D eigenvalue weighted by molar-refractivity contribution is 0.0326. The van der Waals surface area contributed by atoms with Crippen molar-refractivity contribution in [1.82, 2.24) is 0 Å². The molecule has 0 aromatic heterocycles. The Hall–Kier alpha value is -0.820. The van der Waals surface area contributed by atoms with Crippen LogP contribution in [0.25, 0.3) is 0 Å². The van der Waals surface area contributed by atoms with Crippen molar-refractivity contribution in [2.24, 2.45) is 17.8 Å². The van der Waals surface area contributed by atoms with Crippen LogP contribution in [0.1, 0.15) is 66.7 Å². The molecule has 118 valence electrons. The molecule has 3 unspecified atom stereocenters. The van der Waals surface area contributed by atoms with Crippen molar-refractivity contribution in [3.8, 4) is 0 Å². The topological polar surface area (TPSA) is 20.2 Å². The second-order valence-electron chi connectivity index (χ2n) is 7.66. The average Bonchev–Trinajstić information content (AvgIpc) is 2.67. The Morgan fingerprint density at radius 3 is 2.57 bits per heavy atom. The maximum atomic E-state index is 10.8. The van der Waals surface area contributed by atoms with Crippen molar-refractivity contribution < 1.29 is 5.11 Å². The third-order valence-electron chi connectivity index (χ3n) is 5.55. The van der Waals surface area contributed by atoms with Crippen LogP contribution < -0.4 is 0 Å². The molecule has 0 saturated heterocycles. The summed E-state index contributed by atoms with van der Waals surface area (Å²) < 4.78 is 0. The molecule has 0 aliphatic heterocycles. The largest absolute Gasteiger partial charge is 0.390 e. The van der Waals surface area contributed by atoms with Crippen LogP contribution in [0.4, 0.5) is 0 Å². The Labute approximate surface area is 130 Å². The first-order valence-corrected chi connectivity index (χ1v) is 8.56. The van der Waals surface area contributed by atoms with Crippen LogP contribution in [0.5, 0.6) is 0 Å². The van der Waals surface area contributed by atoms with Crippen LogP contribution >= 0.6 is 0 Å². The van der Waals surface area contributed by atoms with Crippen LogP contribution in [0.2, 0.25) is 0 Å². The minimum atomic E-state index is -0.545. The van der Waals surface area contributed by atoms with E-state index >= 15 is 0 Å². The van der Waals surface area contributed by atoms with Crippen molar-refractivity contribution in [1.29, 1.82) is 0 Å². The Morgan fingerprint density at radius 2 is 1.90 bits per heavy atom. The van der Waals surface area contributed by atoms with Gasteiger partial charge in [0, 0.05) is 5.92 Å². The maximum Gasteiger partial charge on any atom is 0.0688 e. The summed E-state index contributed by atoms with van der Waals surface area (Å²) in [5, 5.41) is 10.8. The highest BCUT2D eigenvalue weighted by Gasteiger charge is 2.43. The van der Waals surface area contributed by atoms with Gasteiger partial charge in [-0.1, -0.05) is 48.8 Å². The molecule has 1 nitrogen and oxygen atoms in total. The number of aliphatic hydroxyl groups is 1. The molecule has 21 heavy (non-hydrogen) atoms. The molecule has 1 fully saturated rings. The monoisotopic (exact) mass is 288 g/mol. The van der Waals surface area contributed by atoms with Gasteiger partial charge < -0.3 is 5.11 Å². The third-order valence-corrected chi connectivity index (χ3v) is 5.55. The predicted molar refractivity (Wildman–Crippen MR) is 91.1 cm³/mol. The molecule has 1 saturated carbocycles. The summed E-state index contributed by atoms with van der Waals surface area (Å²) in [5.41, 5.74) is 3.93. The van der Waals surface area contributed by atoms with Gasteiger partial charge in [0.25, 0.3) is 0 Å². The van der Waals surface area contributed by atoms with Crippen LogP contribution in [-0.4, -0.2) is 10.7 Å². The molecule has 0 aromatic carbocycles. The van der Waals surface area contributed by atoms with Gasteiger partial charge in [0.15, 0.2) is 0 Å². The van der Waals surface area contributed by atoms with E-state index in [0.717, 1.165) is 32.1 Å². The van der Waals surface area contributed by atoms with E-state index in [1.54, 1.807) is 0 Å². The van der Waals surface area contributed by atoms with Gasteiger partial charge in [0.1, 0.15) is 0 Å². The van der Waals surface area contributed by atoms with E-state index in [1.807, 2.05) is 6.92 Å². The molecule has 0 bridgehead atoms. The zero-order chi connectivity index (χ0) is 15.6. The molecule has 0 heterocycles. The fourth-order valence-electron chi connectivity index (χ4n) is 3.87. The summed E-state index contributed by atoms with van der Waals surface area (Å²) in [4.78, 5) is 0. The highest BCUT2D eigenvalue weighted by atomic mass is 16.3. The van der Waals surface area contributed by atoms with Crippen molar-refractivity contribution in [3.05, 3.63) is 34.9 Å². The highest BCUT2D eigenvalue weighted by molar-refractivity contribution is 5.22. The number of hydrogen-bond acceptors (Lipinski definition) is 1. The normalized spacial score (nSPS) is 34.7. The fraction of sp³-hybridized carbons (Fsp3) is 0.700. The highest BCUT2D eigenvalue weighted by Crippen LogP contribution is 2.46. The molecule has 1 heteroatoms. The minimum Gasteiger partial charge on any atom is -0.390 e. The Morgan fingerprint density at radius 1 is 1.19 bits per heavy atom. The Kier molecular flexibility index (Phi) is 5.14. The van der Waals surface area contributed by atoms with Crippen LogP contribution in [0.15, 0.2) is 34.9 Å². The molecule has 2 aliphatic carbocycles. The summed E-state index contributed by atoms with van der Waals surface area (Å²) in [6.07, 6.45) is 12.5. The summed E-state index contributed by atoms with van der Waals surface area (Å²) in [6.45, 7) is 11.1.